The second-order valence-corrected chi connectivity index (χ2v) is 4.50. The van der Waals surface area contributed by atoms with E-state index in [0.29, 0.717) is 11.6 Å². The van der Waals surface area contributed by atoms with Crippen LogP contribution in [0.4, 0.5) is 0 Å². The summed E-state index contributed by atoms with van der Waals surface area (Å²) in [6, 6.07) is 5.40. The van der Waals surface area contributed by atoms with Crippen molar-refractivity contribution in [1.29, 1.82) is 0 Å². The van der Waals surface area contributed by atoms with Gasteiger partial charge in [0.1, 0.15) is 0 Å². The molecule has 1 aromatic heterocycles. The Morgan fingerprint density at radius 1 is 1.39 bits per heavy atom. The molecule has 5 nitrogen and oxygen atoms in total. The summed E-state index contributed by atoms with van der Waals surface area (Å²) < 4.78 is 7.42. The van der Waals surface area contributed by atoms with Crippen molar-refractivity contribution in [3.05, 3.63) is 30.1 Å². The molecule has 0 amide bonds. The van der Waals surface area contributed by atoms with E-state index < -0.39 is 5.97 Å². The third-order valence-corrected chi connectivity index (χ3v) is 3.41. The van der Waals surface area contributed by atoms with E-state index >= 15 is 0 Å². The van der Waals surface area contributed by atoms with Crippen molar-refractivity contribution in [2.75, 3.05) is 13.2 Å². The van der Waals surface area contributed by atoms with Gasteiger partial charge >= 0.3 is 5.97 Å². The number of ether oxygens (including phenoxy) is 1. The number of benzene rings is 1. The highest BCUT2D eigenvalue weighted by Gasteiger charge is 2.18. The summed E-state index contributed by atoms with van der Waals surface area (Å²) in [5.41, 5.74) is 2.03. The van der Waals surface area contributed by atoms with Crippen LogP contribution in [0.2, 0.25) is 0 Å². The summed E-state index contributed by atoms with van der Waals surface area (Å²) in [7, 11) is 0. The molecular formula is C13H14N2O3. The number of aromatic nitrogens is 2. The molecule has 3 rings (SSSR count). The van der Waals surface area contributed by atoms with E-state index in [9.17, 15) is 4.79 Å². The topological polar surface area (TPSA) is 64.3 Å². The number of nitrogens with zero attached hydrogens (tertiary/aromatic N) is 2. The zero-order valence-corrected chi connectivity index (χ0v) is 9.87. The molecule has 1 aromatic carbocycles. The molecule has 0 saturated carbocycles. The Hall–Kier alpha value is -1.88. The SMILES string of the molecule is O=C(O)c1ccc2ncn(C3CCOCC3)c2c1. The second-order valence-electron chi connectivity index (χ2n) is 4.50. The number of carboxylic acids is 1. The Morgan fingerprint density at radius 3 is 2.89 bits per heavy atom. The van der Waals surface area contributed by atoms with E-state index in [2.05, 4.69) is 9.55 Å². The van der Waals surface area contributed by atoms with Gasteiger partial charge in [0.25, 0.3) is 0 Å². The van der Waals surface area contributed by atoms with Gasteiger partial charge in [-0.25, -0.2) is 9.78 Å². The molecule has 5 heteroatoms. The highest BCUT2D eigenvalue weighted by Crippen LogP contribution is 2.26. The van der Waals surface area contributed by atoms with Crippen LogP contribution in [0.3, 0.4) is 0 Å². The molecule has 94 valence electrons. The van der Waals surface area contributed by atoms with Crippen molar-refractivity contribution in [3.8, 4) is 0 Å². The molecule has 1 fully saturated rings. The predicted octanol–water partition coefficient (Wildman–Crippen LogP) is 2.09. The summed E-state index contributed by atoms with van der Waals surface area (Å²) in [5.74, 6) is -0.906. The van der Waals surface area contributed by atoms with Gasteiger partial charge in [0.15, 0.2) is 0 Å². The van der Waals surface area contributed by atoms with Crippen LogP contribution in [-0.4, -0.2) is 33.8 Å². The van der Waals surface area contributed by atoms with Gasteiger partial charge in [-0.1, -0.05) is 0 Å². The molecule has 1 aliphatic heterocycles. The Balaban J connectivity index is 2.05. The van der Waals surface area contributed by atoms with E-state index in [1.54, 1.807) is 24.5 Å². The molecule has 0 aliphatic carbocycles. The fourth-order valence-electron chi connectivity index (χ4n) is 2.41. The van der Waals surface area contributed by atoms with Crippen molar-refractivity contribution in [2.24, 2.45) is 0 Å². The maximum absolute atomic E-state index is 11.0. The van der Waals surface area contributed by atoms with Gasteiger partial charge in [-0.2, -0.15) is 0 Å². The van der Waals surface area contributed by atoms with Crippen LogP contribution >= 0.6 is 0 Å². The van der Waals surface area contributed by atoms with Gasteiger partial charge in [0, 0.05) is 19.3 Å². The first-order valence-corrected chi connectivity index (χ1v) is 6.03. The van der Waals surface area contributed by atoms with E-state index in [0.717, 1.165) is 37.1 Å². The number of carbonyl (C=O) groups is 1. The van der Waals surface area contributed by atoms with Crippen molar-refractivity contribution >= 4 is 17.0 Å². The summed E-state index contributed by atoms with van der Waals surface area (Å²) in [4.78, 5) is 15.3. The van der Waals surface area contributed by atoms with Gasteiger partial charge in [0.2, 0.25) is 0 Å². The fourth-order valence-corrected chi connectivity index (χ4v) is 2.41. The average Bonchev–Trinajstić information content (AvgIpc) is 2.82. The predicted molar refractivity (Wildman–Crippen MR) is 65.8 cm³/mol. The molecular weight excluding hydrogens is 232 g/mol. The summed E-state index contributed by atoms with van der Waals surface area (Å²) >= 11 is 0. The lowest BCUT2D eigenvalue weighted by Gasteiger charge is -2.23. The minimum Gasteiger partial charge on any atom is -0.478 e. The Bertz CT molecular complexity index is 585. The molecule has 0 radical (unpaired) electrons. The zero-order chi connectivity index (χ0) is 12.5. The molecule has 0 unspecified atom stereocenters. The lowest BCUT2D eigenvalue weighted by Crippen LogP contribution is -2.19. The van der Waals surface area contributed by atoms with Crippen LogP contribution in [0.5, 0.6) is 0 Å². The molecule has 1 N–H and O–H groups in total. The van der Waals surface area contributed by atoms with Crippen LogP contribution in [0.15, 0.2) is 24.5 Å². The highest BCUT2D eigenvalue weighted by atomic mass is 16.5. The molecule has 2 heterocycles. The zero-order valence-electron chi connectivity index (χ0n) is 9.87. The minimum absolute atomic E-state index is 0.302. The number of rotatable bonds is 2. The van der Waals surface area contributed by atoms with Gasteiger partial charge in [-0.3, -0.25) is 0 Å². The number of fused-ring (bicyclic) bond motifs is 1. The van der Waals surface area contributed by atoms with Crippen molar-refractivity contribution in [2.45, 2.75) is 18.9 Å². The first kappa shape index (κ1) is 11.2. The lowest BCUT2D eigenvalue weighted by molar-refractivity contribution is 0.0692. The van der Waals surface area contributed by atoms with Gasteiger partial charge in [-0.15, -0.1) is 0 Å². The smallest absolute Gasteiger partial charge is 0.335 e. The number of imidazole rings is 1. The monoisotopic (exact) mass is 246 g/mol. The van der Waals surface area contributed by atoms with Gasteiger partial charge < -0.3 is 14.4 Å². The van der Waals surface area contributed by atoms with Crippen molar-refractivity contribution in [3.63, 3.8) is 0 Å². The van der Waals surface area contributed by atoms with Crippen molar-refractivity contribution < 1.29 is 14.6 Å². The summed E-state index contributed by atoms with van der Waals surface area (Å²) in [6.07, 6.45) is 3.69. The molecule has 0 atom stereocenters. The Morgan fingerprint density at radius 2 is 2.17 bits per heavy atom. The largest absolute Gasteiger partial charge is 0.478 e. The first-order valence-electron chi connectivity index (χ1n) is 6.03. The minimum atomic E-state index is -0.906. The maximum atomic E-state index is 11.0. The highest BCUT2D eigenvalue weighted by molar-refractivity contribution is 5.92. The van der Waals surface area contributed by atoms with Crippen molar-refractivity contribution in [1.82, 2.24) is 9.55 Å². The maximum Gasteiger partial charge on any atom is 0.335 e. The summed E-state index contributed by atoms with van der Waals surface area (Å²) in [6.45, 7) is 1.51. The number of carboxylic acid groups (broad SMARTS) is 1. The quantitative estimate of drug-likeness (QED) is 0.881. The van der Waals surface area contributed by atoms with Gasteiger partial charge in [-0.05, 0) is 31.0 Å². The second kappa shape index (κ2) is 4.42. The molecule has 0 bridgehead atoms. The molecule has 2 aromatic rings. The van der Waals surface area contributed by atoms with Crippen LogP contribution in [0.1, 0.15) is 29.2 Å². The standard InChI is InChI=1S/C13H14N2O3/c16-13(17)9-1-2-11-12(7-9)15(8-14-11)10-3-5-18-6-4-10/h1-2,7-8,10H,3-6H2,(H,16,17). The van der Waals surface area contributed by atoms with Crippen LogP contribution in [0, 0.1) is 0 Å². The number of hydrogen-bond acceptors (Lipinski definition) is 3. The molecule has 0 spiro atoms. The van der Waals surface area contributed by atoms with E-state index in [1.807, 2.05) is 0 Å². The Kier molecular flexibility index (Phi) is 2.76. The third-order valence-electron chi connectivity index (χ3n) is 3.41. The summed E-state index contributed by atoms with van der Waals surface area (Å²) in [5, 5.41) is 9.03. The molecule has 1 aliphatic rings. The van der Waals surface area contributed by atoms with Crippen LogP contribution < -0.4 is 0 Å². The van der Waals surface area contributed by atoms with E-state index in [-0.39, 0.29) is 0 Å². The van der Waals surface area contributed by atoms with Crippen LogP contribution in [-0.2, 0) is 4.74 Å². The van der Waals surface area contributed by atoms with E-state index in [1.165, 1.54) is 0 Å². The lowest BCUT2D eigenvalue weighted by atomic mass is 10.1. The average molecular weight is 246 g/mol. The number of aromatic carboxylic acids is 1. The van der Waals surface area contributed by atoms with E-state index in [4.69, 9.17) is 9.84 Å². The Labute approximate surface area is 104 Å². The molecule has 1 saturated heterocycles. The fraction of sp³-hybridized carbons (Fsp3) is 0.385. The van der Waals surface area contributed by atoms with Gasteiger partial charge in [0.05, 0.1) is 22.9 Å². The third kappa shape index (κ3) is 1.86. The number of hydrogen-bond donors (Lipinski definition) is 1. The molecule has 18 heavy (non-hydrogen) atoms. The normalized spacial score (nSPS) is 17.1. The van der Waals surface area contributed by atoms with Crippen LogP contribution in [0.25, 0.3) is 11.0 Å². The first-order chi connectivity index (χ1) is 8.75.